The molecule has 1 aliphatic rings. The van der Waals surface area contributed by atoms with E-state index in [-0.39, 0.29) is 10.5 Å². The molecule has 2 heterocycles. The predicted molar refractivity (Wildman–Crippen MR) is 117 cm³/mol. The van der Waals surface area contributed by atoms with Gasteiger partial charge in [0, 0.05) is 31.0 Å². The van der Waals surface area contributed by atoms with E-state index >= 15 is 0 Å². The fraction of sp³-hybridized carbons (Fsp3) is 0.182. The third-order valence-corrected chi connectivity index (χ3v) is 6.83. The maximum Gasteiger partial charge on any atom is 0.245 e. The minimum atomic E-state index is -3.69. The van der Waals surface area contributed by atoms with Crippen molar-refractivity contribution in [2.75, 3.05) is 31.7 Å². The first-order chi connectivity index (χ1) is 15.1. The highest BCUT2D eigenvalue weighted by atomic mass is 32.2. The molecule has 0 bridgehead atoms. The molecule has 1 aliphatic heterocycles. The van der Waals surface area contributed by atoms with Crippen LogP contribution in [0.1, 0.15) is 5.56 Å². The number of sulfonamides is 1. The molecule has 9 heteroatoms. The zero-order valence-electron chi connectivity index (χ0n) is 16.6. The van der Waals surface area contributed by atoms with Crippen LogP contribution in [0, 0.1) is 5.82 Å². The number of ether oxygens (including phenoxy) is 1. The van der Waals surface area contributed by atoms with Crippen LogP contribution in [0.4, 0.5) is 10.1 Å². The van der Waals surface area contributed by atoms with E-state index in [0.29, 0.717) is 32.0 Å². The quantitative estimate of drug-likeness (QED) is 0.469. The van der Waals surface area contributed by atoms with E-state index in [2.05, 4.69) is 15.5 Å². The van der Waals surface area contributed by atoms with Gasteiger partial charge in [0.15, 0.2) is 0 Å². The second-order valence-electron chi connectivity index (χ2n) is 6.85. The van der Waals surface area contributed by atoms with Crippen molar-refractivity contribution in [2.45, 2.75) is 4.90 Å². The van der Waals surface area contributed by atoms with Crippen molar-refractivity contribution >= 4 is 21.9 Å². The SMILES string of the molecule is O=S(=O)(c1ccccc1N/N=C/c1ccc(-c2ccncc2)cc1F)N1CCOCC1. The van der Waals surface area contributed by atoms with E-state index in [0.717, 1.165) is 11.1 Å². The van der Waals surface area contributed by atoms with Crippen LogP contribution in [0.5, 0.6) is 0 Å². The molecule has 0 saturated carbocycles. The Morgan fingerprint density at radius 3 is 2.52 bits per heavy atom. The summed E-state index contributed by atoms with van der Waals surface area (Å²) in [5, 5.41) is 4.06. The zero-order chi connectivity index (χ0) is 21.7. The lowest BCUT2D eigenvalue weighted by atomic mass is 10.1. The lowest BCUT2D eigenvalue weighted by Gasteiger charge is -2.26. The highest BCUT2D eigenvalue weighted by Gasteiger charge is 2.28. The Hall–Kier alpha value is -3.14. The molecule has 7 nitrogen and oxygen atoms in total. The first-order valence-corrected chi connectivity index (χ1v) is 11.2. The van der Waals surface area contributed by atoms with Crippen LogP contribution in [-0.2, 0) is 14.8 Å². The van der Waals surface area contributed by atoms with Gasteiger partial charge in [0.05, 0.1) is 25.1 Å². The number of para-hydroxylation sites is 1. The molecule has 0 atom stereocenters. The maximum absolute atomic E-state index is 14.5. The number of morpholine rings is 1. The Morgan fingerprint density at radius 2 is 1.77 bits per heavy atom. The number of pyridine rings is 1. The molecule has 0 unspecified atom stereocenters. The highest BCUT2D eigenvalue weighted by Crippen LogP contribution is 2.25. The minimum absolute atomic E-state index is 0.113. The van der Waals surface area contributed by atoms with Gasteiger partial charge in [-0.05, 0) is 47.5 Å². The van der Waals surface area contributed by atoms with Crippen LogP contribution >= 0.6 is 0 Å². The number of hydrogen-bond acceptors (Lipinski definition) is 6. The number of aromatic nitrogens is 1. The third-order valence-electron chi connectivity index (χ3n) is 4.88. The van der Waals surface area contributed by atoms with E-state index in [4.69, 9.17) is 4.74 Å². The van der Waals surface area contributed by atoms with E-state index in [1.807, 2.05) is 0 Å². The monoisotopic (exact) mass is 440 g/mol. The summed E-state index contributed by atoms with van der Waals surface area (Å²) in [7, 11) is -3.69. The highest BCUT2D eigenvalue weighted by molar-refractivity contribution is 7.89. The summed E-state index contributed by atoms with van der Waals surface area (Å²) in [5.41, 5.74) is 4.92. The summed E-state index contributed by atoms with van der Waals surface area (Å²) in [6, 6.07) is 14.9. The molecule has 1 fully saturated rings. The molecule has 0 aliphatic carbocycles. The molecular weight excluding hydrogens is 419 g/mol. The average Bonchev–Trinajstić information content (AvgIpc) is 2.81. The average molecular weight is 441 g/mol. The van der Waals surface area contributed by atoms with Gasteiger partial charge in [0.1, 0.15) is 10.7 Å². The summed E-state index contributed by atoms with van der Waals surface area (Å²) in [6.45, 7) is 1.33. The van der Waals surface area contributed by atoms with Crippen molar-refractivity contribution in [1.29, 1.82) is 0 Å². The van der Waals surface area contributed by atoms with Crippen LogP contribution in [0.15, 0.2) is 77.0 Å². The minimum Gasteiger partial charge on any atom is -0.379 e. The largest absolute Gasteiger partial charge is 0.379 e. The van der Waals surface area contributed by atoms with Crippen molar-refractivity contribution in [1.82, 2.24) is 9.29 Å². The van der Waals surface area contributed by atoms with Crippen LogP contribution < -0.4 is 5.43 Å². The van der Waals surface area contributed by atoms with Crippen molar-refractivity contribution in [3.8, 4) is 11.1 Å². The number of nitrogens with zero attached hydrogens (tertiary/aromatic N) is 3. The third kappa shape index (κ3) is 4.79. The van der Waals surface area contributed by atoms with Gasteiger partial charge in [-0.3, -0.25) is 10.4 Å². The van der Waals surface area contributed by atoms with Gasteiger partial charge in [-0.25, -0.2) is 12.8 Å². The number of hydrazone groups is 1. The van der Waals surface area contributed by atoms with Crippen molar-refractivity contribution in [3.05, 3.63) is 78.4 Å². The molecule has 1 aromatic heterocycles. The Kier molecular flexibility index (Phi) is 6.36. The number of halogens is 1. The first-order valence-electron chi connectivity index (χ1n) is 9.72. The number of benzene rings is 2. The molecule has 2 aromatic carbocycles. The van der Waals surface area contributed by atoms with Gasteiger partial charge in [-0.15, -0.1) is 0 Å². The molecule has 0 spiro atoms. The van der Waals surface area contributed by atoms with Crippen LogP contribution in [0.3, 0.4) is 0 Å². The summed E-state index contributed by atoms with van der Waals surface area (Å²) < 4.78 is 47.1. The Morgan fingerprint density at radius 1 is 1.03 bits per heavy atom. The van der Waals surface area contributed by atoms with Gasteiger partial charge in [-0.2, -0.15) is 9.41 Å². The molecule has 31 heavy (non-hydrogen) atoms. The summed E-state index contributed by atoms with van der Waals surface area (Å²) >= 11 is 0. The smallest absolute Gasteiger partial charge is 0.245 e. The summed E-state index contributed by atoms with van der Waals surface area (Å²) in [5.74, 6) is -0.436. The molecule has 3 aromatic rings. The van der Waals surface area contributed by atoms with Gasteiger partial charge < -0.3 is 4.74 Å². The molecule has 1 saturated heterocycles. The van der Waals surface area contributed by atoms with Crippen molar-refractivity contribution in [3.63, 3.8) is 0 Å². The van der Waals surface area contributed by atoms with E-state index in [9.17, 15) is 12.8 Å². The maximum atomic E-state index is 14.5. The second kappa shape index (κ2) is 9.34. The molecule has 160 valence electrons. The van der Waals surface area contributed by atoms with E-state index in [1.165, 1.54) is 22.7 Å². The molecule has 4 rings (SSSR count). The molecule has 1 N–H and O–H groups in total. The Balaban J connectivity index is 1.52. The van der Waals surface area contributed by atoms with Gasteiger partial charge in [0.2, 0.25) is 10.0 Å². The van der Waals surface area contributed by atoms with Crippen LogP contribution in [-0.4, -0.2) is 50.2 Å². The topological polar surface area (TPSA) is 83.9 Å². The molecule has 0 radical (unpaired) electrons. The van der Waals surface area contributed by atoms with Gasteiger partial charge in [-0.1, -0.05) is 18.2 Å². The fourth-order valence-corrected chi connectivity index (χ4v) is 4.79. The van der Waals surface area contributed by atoms with Crippen molar-refractivity contribution in [2.24, 2.45) is 5.10 Å². The molecule has 0 amide bonds. The number of anilines is 1. The standard InChI is InChI=1S/C22H21FN4O3S/c23-20-15-18(17-7-9-24-10-8-17)5-6-19(20)16-25-26-21-3-1-2-4-22(21)31(28,29)27-11-13-30-14-12-27/h1-10,15-16,26H,11-14H2/b25-16+. The lowest BCUT2D eigenvalue weighted by molar-refractivity contribution is 0.0730. The predicted octanol–water partition coefficient (Wildman–Crippen LogP) is 3.35. The fourth-order valence-electron chi connectivity index (χ4n) is 3.24. The van der Waals surface area contributed by atoms with Crippen LogP contribution in [0.25, 0.3) is 11.1 Å². The van der Waals surface area contributed by atoms with E-state index < -0.39 is 15.8 Å². The Bertz CT molecular complexity index is 1180. The summed E-state index contributed by atoms with van der Waals surface area (Å²) in [6.07, 6.45) is 4.62. The zero-order valence-corrected chi connectivity index (χ0v) is 17.4. The Labute approximate surface area is 180 Å². The van der Waals surface area contributed by atoms with Crippen molar-refractivity contribution < 1.29 is 17.5 Å². The normalized spacial score (nSPS) is 15.3. The van der Waals surface area contributed by atoms with Crippen LogP contribution in [0.2, 0.25) is 0 Å². The van der Waals surface area contributed by atoms with Gasteiger partial charge >= 0.3 is 0 Å². The molecular formula is C22H21FN4O3S. The number of nitrogens with one attached hydrogen (secondary N) is 1. The lowest BCUT2D eigenvalue weighted by Crippen LogP contribution is -2.40. The number of rotatable bonds is 6. The number of hydrogen-bond donors (Lipinski definition) is 1. The summed E-state index contributed by atoms with van der Waals surface area (Å²) in [4.78, 5) is 4.07. The second-order valence-corrected chi connectivity index (χ2v) is 8.76. The first kappa shape index (κ1) is 21.1. The van der Waals surface area contributed by atoms with E-state index in [1.54, 1.807) is 54.9 Å². The van der Waals surface area contributed by atoms with Gasteiger partial charge in [0.25, 0.3) is 0 Å².